The highest BCUT2D eigenvalue weighted by Gasteiger charge is 2.24. The fraction of sp³-hybridized carbons (Fsp3) is 0.625. The predicted molar refractivity (Wildman–Crippen MR) is 77.4 cm³/mol. The maximum atomic E-state index is 10.4. The monoisotopic (exact) mass is 263 g/mol. The van der Waals surface area contributed by atoms with Gasteiger partial charge in [-0.1, -0.05) is 31.5 Å². The van der Waals surface area contributed by atoms with Crippen LogP contribution in [-0.2, 0) is 0 Å². The van der Waals surface area contributed by atoms with Crippen LogP contribution >= 0.6 is 0 Å². The number of rotatable bonds is 5. The quantitative estimate of drug-likeness (QED) is 0.858. The molecule has 2 rings (SSSR count). The topological polar surface area (TPSA) is 41.5 Å². The van der Waals surface area contributed by atoms with E-state index in [1.165, 1.54) is 19.3 Å². The van der Waals surface area contributed by atoms with Gasteiger partial charge in [0.1, 0.15) is 5.75 Å². The minimum Gasteiger partial charge on any atom is -0.496 e. The Labute approximate surface area is 116 Å². The zero-order valence-electron chi connectivity index (χ0n) is 11.9. The van der Waals surface area contributed by atoms with E-state index in [1.807, 2.05) is 24.3 Å². The number of hydrogen-bond acceptors (Lipinski definition) is 3. The van der Waals surface area contributed by atoms with Gasteiger partial charge >= 0.3 is 0 Å². The molecule has 1 aliphatic rings. The third kappa shape index (κ3) is 3.71. The Morgan fingerprint density at radius 2 is 2.21 bits per heavy atom. The molecule has 1 saturated heterocycles. The smallest absolute Gasteiger partial charge is 0.124 e. The molecule has 1 fully saturated rings. The Kier molecular flexibility index (Phi) is 5.23. The number of aliphatic hydroxyl groups excluding tert-OH is 1. The van der Waals surface area contributed by atoms with E-state index in [9.17, 15) is 5.11 Å². The average molecular weight is 263 g/mol. The van der Waals surface area contributed by atoms with Gasteiger partial charge in [-0.25, -0.2) is 0 Å². The van der Waals surface area contributed by atoms with Gasteiger partial charge < -0.3 is 15.2 Å². The molecule has 106 valence electrons. The largest absolute Gasteiger partial charge is 0.496 e. The molecule has 3 atom stereocenters. The zero-order valence-corrected chi connectivity index (χ0v) is 11.9. The van der Waals surface area contributed by atoms with Gasteiger partial charge in [0.25, 0.3) is 0 Å². The van der Waals surface area contributed by atoms with Crippen molar-refractivity contribution < 1.29 is 9.84 Å². The number of ether oxygens (including phenoxy) is 1. The Balaban J connectivity index is 1.98. The zero-order chi connectivity index (χ0) is 13.7. The van der Waals surface area contributed by atoms with Crippen molar-refractivity contribution in [3.63, 3.8) is 0 Å². The first kappa shape index (κ1) is 14.4. The molecule has 1 aliphatic heterocycles. The lowest BCUT2D eigenvalue weighted by Gasteiger charge is -2.31. The van der Waals surface area contributed by atoms with Crippen LogP contribution in [0, 0.1) is 5.92 Å². The summed E-state index contributed by atoms with van der Waals surface area (Å²) in [7, 11) is 1.65. The first-order valence-electron chi connectivity index (χ1n) is 7.29. The molecule has 1 heterocycles. The molecule has 0 aromatic heterocycles. The third-order valence-electron chi connectivity index (χ3n) is 4.19. The molecule has 2 N–H and O–H groups in total. The summed E-state index contributed by atoms with van der Waals surface area (Å²) in [5, 5.41) is 13.9. The van der Waals surface area contributed by atoms with Crippen LogP contribution in [0.4, 0.5) is 0 Å². The number of nitrogens with one attached hydrogen (secondary N) is 1. The predicted octanol–water partition coefficient (Wildman–Crippen LogP) is 2.90. The van der Waals surface area contributed by atoms with Crippen LogP contribution < -0.4 is 10.1 Å². The van der Waals surface area contributed by atoms with Crippen LogP contribution in [0.2, 0.25) is 0 Å². The summed E-state index contributed by atoms with van der Waals surface area (Å²) < 4.78 is 5.32. The van der Waals surface area contributed by atoms with Crippen LogP contribution in [0.3, 0.4) is 0 Å². The maximum absolute atomic E-state index is 10.4. The number of hydrogen-bond donors (Lipinski definition) is 2. The maximum Gasteiger partial charge on any atom is 0.124 e. The van der Waals surface area contributed by atoms with Crippen molar-refractivity contribution in [3.8, 4) is 5.75 Å². The van der Waals surface area contributed by atoms with Crippen molar-refractivity contribution in [3.05, 3.63) is 29.8 Å². The van der Waals surface area contributed by atoms with Crippen LogP contribution in [0.5, 0.6) is 5.75 Å². The summed E-state index contributed by atoms with van der Waals surface area (Å²) >= 11 is 0. The fourth-order valence-electron chi connectivity index (χ4n) is 2.98. The molecule has 0 spiro atoms. The van der Waals surface area contributed by atoms with Gasteiger partial charge in [-0.15, -0.1) is 0 Å². The first-order chi connectivity index (χ1) is 9.24. The van der Waals surface area contributed by atoms with Crippen LogP contribution in [0.25, 0.3) is 0 Å². The van der Waals surface area contributed by atoms with Crippen LogP contribution in [-0.4, -0.2) is 24.8 Å². The molecule has 1 aromatic carbocycles. The lowest BCUT2D eigenvalue weighted by molar-refractivity contribution is 0.133. The van der Waals surface area contributed by atoms with Gasteiger partial charge in [-0.3, -0.25) is 0 Å². The lowest BCUT2D eigenvalue weighted by atomic mass is 9.87. The van der Waals surface area contributed by atoms with Crippen LogP contribution in [0.15, 0.2) is 24.3 Å². The van der Waals surface area contributed by atoms with Gasteiger partial charge in [0.15, 0.2) is 0 Å². The summed E-state index contributed by atoms with van der Waals surface area (Å²) in [4.78, 5) is 0. The van der Waals surface area contributed by atoms with E-state index in [1.54, 1.807) is 7.11 Å². The Morgan fingerprint density at radius 1 is 1.42 bits per heavy atom. The number of para-hydroxylation sites is 1. The molecule has 0 radical (unpaired) electrons. The first-order valence-corrected chi connectivity index (χ1v) is 7.29. The highest BCUT2D eigenvalue weighted by atomic mass is 16.5. The van der Waals surface area contributed by atoms with Gasteiger partial charge in [0.05, 0.1) is 13.2 Å². The normalized spacial score (nSPS) is 25.0. The lowest BCUT2D eigenvalue weighted by Crippen LogP contribution is -2.38. The molecular formula is C16H25NO2. The minimum absolute atomic E-state index is 0.415. The van der Waals surface area contributed by atoms with Crippen LogP contribution in [0.1, 0.15) is 44.3 Å². The van der Waals surface area contributed by atoms with Crippen molar-refractivity contribution in [2.45, 2.75) is 44.8 Å². The SMILES string of the molecule is CCC1CCNC(CC(O)c2ccccc2OC)C1. The second-order valence-corrected chi connectivity index (χ2v) is 5.44. The van der Waals surface area contributed by atoms with Crippen molar-refractivity contribution in [1.29, 1.82) is 0 Å². The molecule has 0 bridgehead atoms. The minimum atomic E-state index is -0.454. The summed E-state index contributed by atoms with van der Waals surface area (Å²) in [6.07, 6.45) is 3.98. The Morgan fingerprint density at radius 3 is 2.95 bits per heavy atom. The Bertz CT molecular complexity index is 394. The fourth-order valence-corrected chi connectivity index (χ4v) is 2.98. The second kappa shape index (κ2) is 6.92. The summed E-state index contributed by atoms with van der Waals surface area (Å²) in [5.41, 5.74) is 0.894. The van der Waals surface area contributed by atoms with Crippen molar-refractivity contribution in [2.24, 2.45) is 5.92 Å². The van der Waals surface area contributed by atoms with Gasteiger partial charge in [-0.2, -0.15) is 0 Å². The summed E-state index contributed by atoms with van der Waals surface area (Å²) in [5.74, 6) is 1.58. The van der Waals surface area contributed by atoms with Gasteiger partial charge in [-0.05, 0) is 37.8 Å². The number of methoxy groups -OCH3 is 1. The summed E-state index contributed by atoms with van der Waals surface area (Å²) in [6.45, 7) is 3.32. The molecule has 3 nitrogen and oxygen atoms in total. The number of benzene rings is 1. The van der Waals surface area contributed by atoms with E-state index in [2.05, 4.69) is 12.2 Å². The standard InChI is InChI=1S/C16H25NO2/c1-3-12-8-9-17-13(10-12)11-15(18)14-6-4-5-7-16(14)19-2/h4-7,12-13,15,17-18H,3,8-11H2,1-2H3. The molecule has 0 aliphatic carbocycles. The Hall–Kier alpha value is -1.06. The van der Waals surface area contributed by atoms with Gasteiger partial charge in [0.2, 0.25) is 0 Å². The molecule has 1 aromatic rings. The highest BCUT2D eigenvalue weighted by Crippen LogP contribution is 2.30. The third-order valence-corrected chi connectivity index (χ3v) is 4.19. The molecule has 0 amide bonds. The van der Waals surface area contributed by atoms with E-state index in [-0.39, 0.29) is 0 Å². The van der Waals surface area contributed by atoms with Crippen molar-refractivity contribution in [2.75, 3.05) is 13.7 Å². The van der Waals surface area contributed by atoms with Gasteiger partial charge in [0, 0.05) is 11.6 Å². The van der Waals surface area contributed by atoms with E-state index >= 15 is 0 Å². The van der Waals surface area contributed by atoms with E-state index < -0.39 is 6.10 Å². The molecule has 3 heteroatoms. The molecular weight excluding hydrogens is 238 g/mol. The van der Waals surface area contributed by atoms with Crippen molar-refractivity contribution in [1.82, 2.24) is 5.32 Å². The van der Waals surface area contributed by atoms with E-state index in [4.69, 9.17) is 4.74 Å². The molecule has 3 unspecified atom stereocenters. The van der Waals surface area contributed by atoms with Crippen molar-refractivity contribution >= 4 is 0 Å². The molecule has 19 heavy (non-hydrogen) atoms. The second-order valence-electron chi connectivity index (χ2n) is 5.44. The molecule has 0 saturated carbocycles. The average Bonchev–Trinajstić information content (AvgIpc) is 2.47. The highest BCUT2D eigenvalue weighted by molar-refractivity contribution is 5.35. The summed E-state index contributed by atoms with van der Waals surface area (Å²) in [6, 6.07) is 8.15. The number of aliphatic hydroxyl groups is 1. The van der Waals surface area contributed by atoms with E-state index in [0.717, 1.165) is 30.2 Å². The number of piperidine rings is 1. The van der Waals surface area contributed by atoms with E-state index in [0.29, 0.717) is 6.04 Å².